The number of rotatable bonds is 0. The molecule has 0 amide bonds. The summed E-state index contributed by atoms with van der Waals surface area (Å²) in [5.74, 6) is 0. The molecule has 0 aromatic rings. The van der Waals surface area contributed by atoms with Gasteiger partial charge >= 0.3 is 0 Å². The molecule has 1 heteroatoms. The summed E-state index contributed by atoms with van der Waals surface area (Å²) >= 11 is 0. The van der Waals surface area contributed by atoms with Crippen molar-refractivity contribution in [3.8, 4) is 0 Å². The van der Waals surface area contributed by atoms with Gasteiger partial charge in [-0.2, -0.15) is 0 Å². The second-order valence-corrected chi connectivity index (χ2v) is 3.78. The first-order valence-electron chi connectivity index (χ1n) is 4.44. The normalized spacial score (nSPS) is 31.2. The van der Waals surface area contributed by atoms with Crippen LogP contribution in [0.15, 0.2) is 0 Å². The first-order valence-corrected chi connectivity index (χ1v) is 4.44. The van der Waals surface area contributed by atoms with Crippen LogP contribution in [0.5, 0.6) is 0 Å². The van der Waals surface area contributed by atoms with Crippen LogP contribution in [-0.2, 0) is 0 Å². The van der Waals surface area contributed by atoms with Crippen LogP contribution in [-0.4, -0.2) is 13.1 Å². The highest BCUT2D eigenvalue weighted by molar-refractivity contribution is 4.95. The van der Waals surface area contributed by atoms with Gasteiger partial charge in [-0.3, -0.25) is 0 Å². The number of piperidine rings is 1. The summed E-state index contributed by atoms with van der Waals surface area (Å²) in [7, 11) is 0. The van der Waals surface area contributed by atoms with Crippen molar-refractivity contribution >= 4 is 0 Å². The Morgan fingerprint density at radius 3 is 2.50 bits per heavy atom. The fraction of sp³-hybridized carbons (Fsp3) is 0.889. The molecule has 1 aliphatic heterocycles. The zero-order valence-corrected chi connectivity index (χ0v) is 6.53. The molecule has 0 atom stereocenters. The summed E-state index contributed by atoms with van der Waals surface area (Å²) in [6, 6.07) is 0. The number of hydrogen-bond acceptors (Lipinski definition) is 1. The lowest BCUT2D eigenvalue weighted by Crippen LogP contribution is -2.34. The first kappa shape index (κ1) is 6.66. The minimum Gasteiger partial charge on any atom is -0.317 e. The topological polar surface area (TPSA) is 12.0 Å². The fourth-order valence-electron chi connectivity index (χ4n) is 2.33. The lowest BCUT2D eigenvalue weighted by atomic mass is 9.78. The van der Waals surface area contributed by atoms with E-state index >= 15 is 0 Å². The Hall–Kier alpha value is -0.0400. The SMILES string of the molecule is [CH]1CCC2(C1)CCNCC2. The van der Waals surface area contributed by atoms with Crippen molar-refractivity contribution in [1.82, 2.24) is 5.32 Å². The number of nitrogens with one attached hydrogen (secondary N) is 1. The summed E-state index contributed by atoms with van der Waals surface area (Å²) in [5, 5.41) is 3.42. The molecule has 2 fully saturated rings. The van der Waals surface area contributed by atoms with Crippen molar-refractivity contribution in [3.05, 3.63) is 6.42 Å². The lowest BCUT2D eigenvalue weighted by Gasteiger charge is -2.33. The Kier molecular flexibility index (Phi) is 1.69. The van der Waals surface area contributed by atoms with E-state index < -0.39 is 0 Å². The van der Waals surface area contributed by atoms with E-state index in [9.17, 15) is 0 Å². The van der Waals surface area contributed by atoms with Crippen molar-refractivity contribution in [3.63, 3.8) is 0 Å². The van der Waals surface area contributed by atoms with Gasteiger partial charge in [0.1, 0.15) is 0 Å². The predicted octanol–water partition coefficient (Wildman–Crippen LogP) is 1.74. The summed E-state index contributed by atoms with van der Waals surface area (Å²) in [4.78, 5) is 0. The highest BCUT2D eigenvalue weighted by Crippen LogP contribution is 2.44. The Morgan fingerprint density at radius 1 is 1.10 bits per heavy atom. The van der Waals surface area contributed by atoms with Crippen LogP contribution in [0.3, 0.4) is 0 Å². The largest absolute Gasteiger partial charge is 0.317 e. The molecule has 1 radical (unpaired) electrons. The van der Waals surface area contributed by atoms with Crippen LogP contribution >= 0.6 is 0 Å². The van der Waals surface area contributed by atoms with Gasteiger partial charge in [-0.15, -0.1) is 0 Å². The summed E-state index contributed by atoms with van der Waals surface area (Å²) in [6.07, 6.45) is 9.56. The molecule has 1 N–H and O–H groups in total. The molecule has 0 aromatic heterocycles. The highest BCUT2D eigenvalue weighted by Gasteiger charge is 2.34. The van der Waals surface area contributed by atoms with E-state index in [1.807, 2.05) is 0 Å². The number of hydrogen-bond donors (Lipinski definition) is 1. The van der Waals surface area contributed by atoms with Gasteiger partial charge in [0.05, 0.1) is 0 Å². The third-order valence-corrected chi connectivity index (χ3v) is 3.12. The van der Waals surface area contributed by atoms with Crippen LogP contribution in [0.4, 0.5) is 0 Å². The second-order valence-electron chi connectivity index (χ2n) is 3.78. The first-order chi connectivity index (χ1) is 4.91. The van der Waals surface area contributed by atoms with Crippen LogP contribution in [0, 0.1) is 11.8 Å². The molecule has 1 nitrogen and oxygen atoms in total. The third kappa shape index (κ3) is 1.07. The van der Waals surface area contributed by atoms with Gasteiger partial charge in [-0.25, -0.2) is 0 Å². The quantitative estimate of drug-likeness (QED) is 0.537. The monoisotopic (exact) mass is 138 g/mol. The average molecular weight is 138 g/mol. The van der Waals surface area contributed by atoms with Crippen molar-refractivity contribution in [1.29, 1.82) is 0 Å². The molecule has 1 saturated carbocycles. The Morgan fingerprint density at radius 2 is 1.90 bits per heavy atom. The van der Waals surface area contributed by atoms with E-state index in [4.69, 9.17) is 0 Å². The Balaban J connectivity index is 1.98. The van der Waals surface area contributed by atoms with Gasteiger partial charge in [0.15, 0.2) is 0 Å². The van der Waals surface area contributed by atoms with Gasteiger partial charge in [-0.05, 0) is 57.0 Å². The van der Waals surface area contributed by atoms with Crippen LogP contribution in [0.1, 0.15) is 32.1 Å². The van der Waals surface area contributed by atoms with E-state index in [2.05, 4.69) is 11.7 Å². The van der Waals surface area contributed by atoms with Gasteiger partial charge in [0, 0.05) is 0 Å². The Bertz CT molecular complexity index is 106. The maximum Gasteiger partial charge on any atom is -0.00436 e. The van der Waals surface area contributed by atoms with E-state index in [-0.39, 0.29) is 0 Å². The molecule has 10 heavy (non-hydrogen) atoms. The molecule has 2 aliphatic rings. The fourth-order valence-corrected chi connectivity index (χ4v) is 2.33. The van der Waals surface area contributed by atoms with Gasteiger partial charge in [0.25, 0.3) is 0 Å². The zero-order chi connectivity index (χ0) is 6.86. The summed E-state index contributed by atoms with van der Waals surface area (Å²) in [6.45, 7) is 2.52. The summed E-state index contributed by atoms with van der Waals surface area (Å²) < 4.78 is 0. The average Bonchev–Trinajstić information content (AvgIpc) is 2.39. The molecule has 1 heterocycles. The van der Waals surface area contributed by atoms with E-state index in [1.54, 1.807) is 0 Å². The van der Waals surface area contributed by atoms with Crippen molar-refractivity contribution in [2.45, 2.75) is 32.1 Å². The predicted molar refractivity (Wildman–Crippen MR) is 42.7 cm³/mol. The van der Waals surface area contributed by atoms with Crippen LogP contribution in [0.2, 0.25) is 0 Å². The molecule has 2 rings (SSSR count). The molecule has 0 bridgehead atoms. The standard InChI is InChI=1S/C9H16N/c1-2-4-9(3-1)5-7-10-8-6-9/h1,10H,2-8H2. The lowest BCUT2D eigenvalue weighted by molar-refractivity contribution is 0.214. The highest BCUT2D eigenvalue weighted by atomic mass is 14.9. The van der Waals surface area contributed by atoms with Crippen molar-refractivity contribution < 1.29 is 0 Å². The molecule has 0 unspecified atom stereocenters. The molecule has 1 spiro atoms. The Labute approximate surface area is 63.2 Å². The van der Waals surface area contributed by atoms with E-state index in [0.29, 0.717) is 0 Å². The maximum atomic E-state index is 3.42. The van der Waals surface area contributed by atoms with E-state index in [0.717, 1.165) is 5.41 Å². The van der Waals surface area contributed by atoms with E-state index in [1.165, 1.54) is 45.2 Å². The van der Waals surface area contributed by atoms with Gasteiger partial charge < -0.3 is 5.32 Å². The van der Waals surface area contributed by atoms with Crippen LogP contribution < -0.4 is 5.32 Å². The molecule has 1 saturated heterocycles. The van der Waals surface area contributed by atoms with Crippen molar-refractivity contribution in [2.75, 3.05) is 13.1 Å². The van der Waals surface area contributed by atoms with Crippen molar-refractivity contribution in [2.24, 2.45) is 5.41 Å². The smallest absolute Gasteiger partial charge is 0.00436 e. The maximum absolute atomic E-state index is 3.42. The molecule has 1 aliphatic carbocycles. The second kappa shape index (κ2) is 2.54. The molecule has 0 aromatic carbocycles. The zero-order valence-electron chi connectivity index (χ0n) is 6.53. The molecular weight excluding hydrogens is 122 g/mol. The third-order valence-electron chi connectivity index (χ3n) is 3.12. The minimum atomic E-state index is 0.755. The van der Waals surface area contributed by atoms with Gasteiger partial charge in [-0.1, -0.05) is 0 Å². The molecular formula is C9H16N. The van der Waals surface area contributed by atoms with Gasteiger partial charge in [0.2, 0.25) is 0 Å². The minimum absolute atomic E-state index is 0.755. The molecule has 57 valence electrons. The summed E-state index contributed by atoms with van der Waals surface area (Å²) in [5.41, 5.74) is 0.755. The van der Waals surface area contributed by atoms with Crippen LogP contribution in [0.25, 0.3) is 0 Å².